The molecule has 0 fully saturated rings. The van der Waals surface area contributed by atoms with Crippen LogP contribution in [0.15, 0.2) is 42.5 Å². The molecule has 0 radical (unpaired) electrons. The zero-order chi connectivity index (χ0) is 15.4. The van der Waals surface area contributed by atoms with Gasteiger partial charge in [-0.05, 0) is 18.2 Å². The molecule has 0 aromatic heterocycles. The molecular weight excluding hydrogens is 277 g/mol. The van der Waals surface area contributed by atoms with Gasteiger partial charge in [-0.25, -0.2) is 4.39 Å². The lowest BCUT2D eigenvalue weighted by atomic mass is 10.1. The van der Waals surface area contributed by atoms with Gasteiger partial charge in [-0.1, -0.05) is 18.2 Å². The Morgan fingerprint density at radius 1 is 1.29 bits per heavy atom. The number of hydrogen-bond acceptors (Lipinski definition) is 4. The maximum absolute atomic E-state index is 12.9. The third-order valence-corrected chi connectivity index (χ3v) is 2.89. The van der Waals surface area contributed by atoms with E-state index in [1.807, 2.05) is 0 Å². The molecule has 0 saturated carbocycles. The number of hydrogen-bond donors (Lipinski definition) is 2. The van der Waals surface area contributed by atoms with Crippen molar-refractivity contribution in [2.24, 2.45) is 0 Å². The van der Waals surface area contributed by atoms with Crippen molar-refractivity contribution >= 4 is 17.3 Å². The highest BCUT2D eigenvalue weighted by atomic mass is 19.1. The third kappa shape index (κ3) is 3.33. The SMILES string of the molecule is Nc1cc(F)ccc1C(=O)NCc1ccccc1[N+](=O)[O-]. The largest absolute Gasteiger partial charge is 0.398 e. The highest BCUT2D eigenvalue weighted by Crippen LogP contribution is 2.18. The van der Waals surface area contributed by atoms with E-state index < -0.39 is 16.6 Å². The summed E-state index contributed by atoms with van der Waals surface area (Å²) in [5.74, 6) is -1.06. The van der Waals surface area contributed by atoms with E-state index in [4.69, 9.17) is 5.73 Å². The van der Waals surface area contributed by atoms with E-state index in [1.165, 1.54) is 12.1 Å². The molecule has 108 valence electrons. The summed E-state index contributed by atoms with van der Waals surface area (Å²) in [6.45, 7) is -0.0210. The van der Waals surface area contributed by atoms with Gasteiger partial charge in [0.2, 0.25) is 0 Å². The maximum Gasteiger partial charge on any atom is 0.274 e. The second kappa shape index (κ2) is 6.00. The summed E-state index contributed by atoms with van der Waals surface area (Å²) in [6.07, 6.45) is 0. The van der Waals surface area contributed by atoms with E-state index in [0.717, 1.165) is 12.1 Å². The van der Waals surface area contributed by atoms with E-state index in [0.29, 0.717) is 5.56 Å². The quantitative estimate of drug-likeness (QED) is 0.512. The molecule has 7 heteroatoms. The van der Waals surface area contributed by atoms with E-state index >= 15 is 0 Å². The lowest BCUT2D eigenvalue weighted by molar-refractivity contribution is -0.385. The van der Waals surface area contributed by atoms with Crippen molar-refractivity contribution in [2.75, 3.05) is 5.73 Å². The molecule has 2 rings (SSSR count). The number of carbonyl (C=O) groups is 1. The molecule has 0 saturated heterocycles. The lowest BCUT2D eigenvalue weighted by Crippen LogP contribution is -2.24. The fourth-order valence-electron chi connectivity index (χ4n) is 1.85. The number of para-hydroxylation sites is 1. The highest BCUT2D eigenvalue weighted by Gasteiger charge is 2.15. The molecule has 2 aromatic rings. The van der Waals surface area contributed by atoms with Gasteiger partial charge in [0.15, 0.2) is 0 Å². The van der Waals surface area contributed by atoms with Crippen molar-refractivity contribution in [1.82, 2.24) is 5.32 Å². The van der Waals surface area contributed by atoms with Crippen LogP contribution in [0.25, 0.3) is 0 Å². The standard InChI is InChI=1S/C14H12FN3O3/c15-10-5-6-11(12(16)7-10)14(19)17-8-9-3-1-2-4-13(9)18(20)21/h1-7H,8,16H2,(H,17,19). The molecule has 6 nitrogen and oxygen atoms in total. The van der Waals surface area contributed by atoms with Gasteiger partial charge in [0.05, 0.1) is 10.5 Å². The molecule has 0 atom stereocenters. The summed E-state index contributed by atoms with van der Waals surface area (Å²) in [7, 11) is 0. The number of carbonyl (C=O) groups excluding carboxylic acids is 1. The number of halogens is 1. The van der Waals surface area contributed by atoms with Crippen molar-refractivity contribution in [3.8, 4) is 0 Å². The molecule has 0 spiro atoms. The summed E-state index contributed by atoms with van der Waals surface area (Å²) >= 11 is 0. The van der Waals surface area contributed by atoms with Crippen LogP contribution in [-0.4, -0.2) is 10.8 Å². The summed E-state index contributed by atoms with van der Waals surface area (Å²) in [6, 6.07) is 9.51. The first-order valence-corrected chi connectivity index (χ1v) is 6.04. The summed E-state index contributed by atoms with van der Waals surface area (Å²) < 4.78 is 12.9. The lowest BCUT2D eigenvalue weighted by Gasteiger charge is -2.08. The van der Waals surface area contributed by atoms with Gasteiger partial charge >= 0.3 is 0 Å². The molecular formula is C14H12FN3O3. The minimum absolute atomic E-state index is 0.00932. The number of nitrogens with two attached hydrogens (primary N) is 1. The summed E-state index contributed by atoms with van der Waals surface area (Å²) in [4.78, 5) is 22.3. The maximum atomic E-state index is 12.9. The number of amides is 1. The van der Waals surface area contributed by atoms with Crippen LogP contribution >= 0.6 is 0 Å². The van der Waals surface area contributed by atoms with Crippen LogP contribution < -0.4 is 11.1 Å². The van der Waals surface area contributed by atoms with Crippen LogP contribution in [0.2, 0.25) is 0 Å². The minimum atomic E-state index is -0.539. The Labute approximate surface area is 119 Å². The smallest absolute Gasteiger partial charge is 0.274 e. The Kier molecular flexibility index (Phi) is 4.13. The molecule has 0 aliphatic heterocycles. The van der Waals surface area contributed by atoms with Gasteiger partial charge in [-0.15, -0.1) is 0 Å². The fourth-order valence-corrected chi connectivity index (χ4v) is 1.85. The van der Waals surface area contributed by atoms with Crippen LogP contribution in [-0.2, 0) is 6.54 Å². The van der Waals surface area contributed by atoms with Gasteiger partial charge in [-0.2, -0.15) is 0 Å². The van der Waals surface area contributed by atoms with E-state index in [1.54, 1.807) is 18.2 Å². The highest BCUT2D eigenvalue weighted by molar-refractivity contribution is 5.99. The Morgan fingerprint density at radius 3 is 2.67 bits per heavy atom. The topological polar surface area (TPSA) is 98.3 Å². The minimum Gasteiger partial charge on any atom is -0.398 e. The molecule has 0 heterocycles. The van der Waals surface area contributed by atoms with Crippen LogP contribution in [0, 0.1) is 15.9 Å². The van der Waals surface area contributed by atoms with Crippen LogP contribution in [0.5, 0.6) is 0 Å². The van der Waals surface area contributed by atoms with Crippen LogP contribution in [0.4, 0.5) is 15.8 Å². The number of nitro groups is 1. The number of nitrogens with one attached hydrogen (secondary N) is 1. The predicted octanol–water partition coefficient (Wildman–Crippen LogP) is 2.25. The zero-order valence-corrected chi connectivity index (χ0v) is 10.9. The first-order chi connectivity index (χ1) is 9.99. The fraction of sp³-hybridized carbons (Fsp3) is 0.0714. The van der Waals surface area contributed by atoms with Crippen molar-refractivity contribution in [3.63, 3.8) is 0 Å². The molecule has 3 N–H and O–H groups in total. The van der Waals surface area contributed by atoms with Gasteiger partial charge in [0.25, 0.3) is 11.6 Å². The second-order valence-electron chi connectivity index (χ2n) is 4.30. The average molecular weight is 289 g/mol. The normalized spacial score (nSPS) is 10.1. The zero-order valence-electron chi connectivity index (χ0n) is 10.9. The Morgan fingerprint density at radius 2 is 2.00 bits per heavy atom. The molecule has 0 unspecified atom stereocenters. The molecule has 0 aliphatic carbocycles. The van der Waals surface area contributed by atoms with Crippen molar-refractivity contribution in [3.05, 3.63) is 69.5 Å². The van der Waals surface area contributed by atoms with Gasteiger partial charge in [-0.3, -0.25) is 14.9 Å². The molecule has 21 heavy (non-hydrogen) atoms. The predicted molar refractivity (Wildman–Crippen MR) is 75.1 cm³/mol. The Balaban J connectivity index is 2.13. The summed E-state index contributed by atoms with van der Waals surface area (Å²) in [5, 5.41) is 13.4. The van der Waals surface area contributed by atoms with Crippen molar-refractivity contribution < 1.29 is 14.1 Å². The molecule has 0 aliphatic rings. The van der Waals surface area contributed by atoms with Crippen LogP contribution in [0.3, 0.4) is 0 Å². The van der Waals surface area contributed by atoms with Gasteiger partial charge in [0.1, 0.15) is 5.82 Å². The van der Waals surface area contributed by atoms with E-state index in [2.05, 4.69) is 5.32 Å². The van der Waals surface area contributed by atoms with Crippen molar-refractivity contribution in [1.29, 1.82) is 0 Å². The third-order valence-electron chi connectivity index (χ3n) is 2.89. The first kappa shape index (κ1) is 14.4. The number of nitrogen functional groups attached to an aromatic ring is 1. The number of benzene rings is 2. The number of anilines is 1. The van der Waals surface area contributed by atoms with E-state index in [9.17, 15) is 19.3 Å². The first-order valence-electron chi connectivity index (χ1n) is 6.04. The average Bonchev–Trinajstić information content (AvgIpc) is 2.45. The molecule has 1 amide bonds. The van der Waals surface area contributed by atoms with Gasteiger partial charge in [0, 0.05) is 23.9 Å². The summed E-state index contributed by atoms with van der Waals surface area (Å²) in [5.41, 5.74) is 5.98. The second-order valence-corrected chi connectivity index (χ2v) is 4.30. The Hall–Kier alpha value is -2.96. The van der Waals surface area contributed by atoms with Crippen LogP contribution in [0.1, 0.15) is 15.9 Å². The monoisotopic (exact) mass is 289 g/mol. The van der Waals surface area contributed by atoms with Gasteiger partial charge < -0.3 is 11.1 Å². The number of nitro benzene ring substituents is 1. The Bertz CT molecular complexity index is 704. The molecule has 0 bridgehead atoms. The van der Waals surface area contributed by atoms with E-state index in [-0.39, 0.29) is 23.5 Å². The number of nitrogens with zero attached hydrogens (tertiary/aromatic N) is 1. The molecule has 2 aromatic carbocycles. The number of rotatable bonds is 4. The van der Waals surface area contributed by atoms with Crippen molar-refractivity contribution in [2.45, 2.75) is 6.54 Å².